The van der Waals surface area contributed by atoms with Gasteiger partial charge in [0, 0.05) is 27.2 Å². The van der Waals surface area contributed by atoms with Gasteiger partial charge in [0.25, 0.3) is 0 Å². The van der Waals surface area contributed by atoms with Crippen molar-refractivity contribution < 1.29 is 0 Å². The minimum absolute atomic E-state index is 0.881. The van der Waals surface area contributed by atoms with Crippen molar-refractivity contribution in [2.45, 2.75) is 13.3 Å². The van der Waals surface area contributed by atoms with Crippen molar-refractivity contribution in [3.05, 3.63) is 0 Å². The van der Waals surface area contributed by atoms with Crippen LogP contribution in [0.3, 0.4) is 0 Å². The van der Waals surface area contributed by atoms with Crippen molar-refractivity contribution in [2.75, 3.05) is 27.2 Å². The van der Waals surface area contributed by atoms with E-state index >= 15 is 0 Å². The zero-order valence-corrected chi connectivity index (χ0v) is 6.59. The van der Waals surface area contributed by atoms with Crippen molar-refractivity contribution in [2.24, 2.45) is 5.92 Å². The van der Waals surface area contributed by atoms with Gasteiger partial charge in [-0.1, -0.05) is 6.92 Å². The van der Waals surface area contributed by atoms with Crippen LogP contribution in [0.4, 0.5) is 0 Å². The molecule has 0 aromatic carbocycles. The van der Waals surface area contributed by atoms with Crippen molar-refractivity contribution in [3.8, 4) is 0 Å². The third kappa shape index (κ3) is 1.66. The van der Waals surface area contributed by atoms with Gasteiger partial charge in [0.05, 0.1) is 0 Å². The summed E-state index contributed by atoms with van der Waals surface area (Å²) < 4.78 is 0. The molecule has 1 unspecified atom stereocenters. The van der Waals surface area contributed by atoms with Gasteiger partial charge in [0.2, 0.25) is 0 Å². The highest BCUT2D eigenvalue weighted by atomic mass is 15.6. The Balaban J connectivity index is 2.35. The molecule has 1 aliphatic heterocycles. The maximum Gasteiger partial charge on any atom is 0.0156 e. The number of nitrogens with zero attached hydrogens (tertiary/aromatic N) is 2. The van der Waals surface area contributed by atoms with E-state index < -0.39 is 0 Å². The molecular formula is C7H16N2. The van der Waals surface area contributed by atoms with E-state index in [9.17, 15) is 0 Å². The first-order valence-corrected chi connectivity index (χ1v) is 3.62. The summed E-state index contributed by atoms with van der Waals surface area (Å²) in [5.41, 5.74) is 0. The Morgan fingerprint density at radius 2 is 1.89 bits per heavy atom. The third-order valence-corrected chi connectivity index (χ3v) is 2.10. The largest absolute Gasteiger partial charge is 0.245 e. The standard InChI is InChI=1S/C7H16N2/c1-7-4-5-8(2)9(3)6-7/h7H,4-6H2,1-3H3. The van der Waals surface area contributed by atoms with Crippen LogP contribution in [0.1, 0.15) is 13.3 Å². The first-order chi connectivity index (χ1) is 4.20. The molecule has 1 atom stereocenters. The smallest absolute Gasteiger partial charge is 0.0156 e. The number of hydrazine groups is 1. The van der Waals surface area contributed by atoms with E-state index in [0.717, 1.165) is 5.92 Å². The molecule has 1 fully saturated rings. The fourth-order valence-electron chi connectivity index (χ4n) is 1.26. The first-order valence-electron chi connectivity index (χ1n) is 3.62. The number of hydrogen-bond acceptors (Lipinski definition) is 2. The second-order valence-electron chi connectivity index (χ2n) is 3.12. The molecule has 0 aromatic rings. The molecular weight excluding hydrogens is 112 g/mol. The minimum Gasteiger partial charge on any atom is -0.245 e. The van der Waals surface area contributed by atoms with Gasteiger partial charge in [-0.05, 0) is 12.3 Å². The average molecular weight is 128 g/mol. The SMILES string of the molecule is CC1CCN(C)N(C)C1. The van der Waals surface area contributed by atoms with Gasteiger partial charge in [-0.15, -0.1) is 0 Å². The Hall–Kier alpha value is -0.0800. The predicted octanol–water partition coefficient (Wildman–Crippen LogP) is 0.805. The van der Waals surface area contributed by atoms with E-state index in [1.807, 2.05) is 0 Å². The minimum atomic E-state index is 0.881. The van der Waals surface area contributed by atoms with Crippen LogP contribution in [-0.2, 0) is 0 Å². The van der Waals surface area contributed by atoms with Crippen LogP contribution in [0.2, 0.25) is 0 Å². The summed E-state index contributed by atoms with van der Waals surface area (Å²) in [5, 5.41) is 4.56. The summed E-state index contributed by atoms with van der Waals surface area (Å²) in [6.07, 6.45) is 1.35. The van der Waals surface area contributed by atoms with Crippen LogP contribution in [0.5, 0.6) is 0 Å². The maximum atomic E-state index is 2.31. The fraction of sp³-hybridized carbons (Fsp3) is 1.00. The van der Waals surface area contributed by atoms with Gasteiger partial charge in [0.1, 0.15) is 0 Å². The highest BCUT2D eigenvalue weighted by Gasteiger charge is 2.16. The molecule has 0 aliphatic carbocycles. The van der Waals surface area contributed by atoms with Crippen LogP contribution in [0, 0.1) is 5.92 Å². The fourth-order valence-corrected chi connectivity index (χ4v) is 1.26. The molecule has 0 spiro atoms. The van der Waals surface area contributed by atoms with Crippen molar-refractivity contribution in [1.29, 1.82) is 0 Å². The van der Waals surface area contributed by atoms with Gasteiger partial charge in [0.15, 0.2) is 0 Å². The van der Waals surface area contributed by atoms with E-state index in [2.05, 4.69) is 31.0 Å². The topological polar surface area (TPSA) is 6.48 Å². The van der Waals surface area contributed by atoms with E-state index in [0.29, 0.717) is 0 Å². The molecule has 9 heavy (non-hydrogen) atoms. The zero-order valence-electron chi connectivity index (χ0n) is 6.59. The average Bonchev–Trinajstić information content (AvgIpc) is 1.80. The molecule has 0 aromatic heterocycles. The second kappa shape index (κ2) is 2.67. The van der Waals surface area contributed by atoms with Crippen LogP contribution in [0.25, 0.3) is 0 Å². The maximum absolute atomic E-state index is 2.31. The van der Waals surface area contributed by atoms with Gasteiger partial charge in [-0.25, -0.2) is 10.0 Å². The molecule has 2 heteroatoms. The van der Waals surface area contributed by atoms with Crippen molar-refractivity contribution in [1.82, 2.24) is 10.0 Å². The lowest BCUT2D eigenvalue weighted by Gasteiger charge is -2.36. The normalized spacial score (nSPS) is 33.0. The molecule has 0 saturated carbocycles. The summed E-state index contributed by atoms with van der Waals surface area (Å²) in [6.45, 7) is 4.75. The van der Waals surface area contributed by atoms with Gasteiger partial charge >= 0.3 is 0 Å². The zero-order chi connectivity index (χ0) is 6.85. The first kappa shape index (κ1) is 7.03. The van der Waals surface area contributed by atoms with E-state index in [1.54, 1.807) is 0 Å². The summed E-state index contributed by atoms with van der Waals surface area (Å²) in [5.74, 6) is 0.881. The van der Waals surface area contributed by atoms with E-state index in [1.165, 1.54) is 19.5 Å². The quantitative estimate of drug-likeness (QED) is 0.476. The Labute approximate surface area is 57.4 Å². The van der Waals surface area contributed by atoms with Crippen molar-refractivity contribution in [3.63, 3.8) is 0 Å². The molecule has 1 aliphatic rings. The van der Waals surface area contributed by atoms with Gasteiger partial charge in [-0.3, -0.25) is 0 Å². The summed E-state index contributed by atoms with van der Waals surface area (Å²) in [4.78, 5) is 0. The van der Waals surface area contributed by atoms with Crippen molar-refractivity contribution >= 4 is 0 Å². The highest BCUT2D eigenvalue weighted by Crippen LogP contribution is 2.11. The van der Waals surface area contributed by atoms with Gasteiger partial charge in [-0.2, -0.15) is 0 Å². The number of hydrogen-bond donors (Lipinski definition) is 0. The van der Waals surface area contributed by atoms with Crippen LogP contribution < -0.4 is 0 Å². The van der Waals surface area contributed by atoms with E-state index in [-0.39, 0.29) is 0 Å². The monoisotopic (exact) mass is 128 g/mol. The molecule has 0 radical (unpaired) electrons. The molecule has 54 valence electrons. The lowest BCUT2D eigenvalue weighted by atomic mass is 10.1. The highest BCUT2D eigenvalue weighted by molar-refractivity contribution is 4.64. The Kier molecular flexibility index (Phi) is 2.09. The molecule has 0 N–H and O–H groups in total. The Morgan fingerprint density at radius 3 is 2.33 bits per heavy atom. The molecule has 1 heterocycles. The molecule has 1 saturated heterocycles. The van der Waals surface area contributed by atoms with E-state index in [4.69, 9.17) is 0 Å². The molecule has 0 amide bonds. The third-order valence-electron chi connectivity index (χ3n) is 2.10. The molecule has 1 rings (SSSR count). The summed E-state index contributed by atoms with van der Waals surface area (Å²) in [7, 11) is 4.29. The summed E-state index contributed by atoms with van der Waals surface area (Å²) in [6, 6.07) is 0. The van der Waals surface area contributed by atoms with Crippen LogP contribution in [-0.4, -0.2) is 37.2 Å². The predicted molar refractivity (Wildman–Crippen MR) is 39.0 cm³/mol. The second-order valence-corrected chi connectivity index (χ2v) is 3.12. The summed E-state index contributed by atoms with van der Waals surface area (Å²) >= 11 is 0. The number of rotatable bonds is 0. The lowest BCUT2D eigenvalue weighted by Crippen LogP contribution is -2.44. The molecule has 2 nitrogen and oxygen atoms in total. The Morgan fingerprint density at radius 1 is 1.22 bits per heavy atom. The Bertz CT molecular complexity index is 92.9. The van der Waals surface area contributed by atoms with Crippen LogP contribution in [0.15, 0.2) is 0 Å². The lowest BCUT2D eigenvalue weighted by molar-refractivity contribution is -0.0221. The molecule has 0 bridgehead atoms. The van der Waals surface area contributed by atoms with Crippen LogP contribution >= 0.6 is 0 Å². The van der Waals surface area contributed by atoms with Gasteiger partial charge < -0.3 is 0 Å².